The molecule has 2 heterocycles. The summed E-state index contributed by atoms with van der Waals surface area (Å²) >= 11 is 0. The molecule has 29 heavy (non-hydrogen) atoms. The molecule has 0 radical (unpaired) electrons. The number of carbonyl (C=O) groups is 1. The van der Waals surface area contributed by atoms with Gasteiger partial charge in [-0.2, -0.15) is 0 Å². The molecule has 0 spiro atoms. The predicted octanol–water partition coefficient (Wildman–Crippen LogP) is 3.49. The Bertz CT molecular complexity index is 1430. The molecule has 0 atom stereocenters. The van der Waals surface area contributed by atoms with Crippen molar-refractivity contribution in [2.45, 2.75) is 6.92 Å². The number of aryl methyl sites for hydroxylation is 1. The lowest BCUT2D eigenvalue weighted by Crippen LogP contribution is -2.21. The summed E-state index contributed by atoms with van der Waals surface area (Å²) in [6, 6.07) is 11.7. The Morgan fingerprint density at radius 2 is 1.86 bits per heavy atom. The first kappa shape index (κ1) is 18.1. The Balaban J connectivity index is 1.88. The maximum atomic E-state index is 12.7. The lowest BCUT2D eigenvalue weighted by Gasteiger charge is -2.08. The van der Waals surface area contributed by atoms with E-state index in [1.807, 2.05) is 0 Å². The molecule has 0 aliphatic heterocycles. The van der Waals surface area contributed by atoms with Crippen molar-refractivity contribution in [1.29, 1.82) is 5.41 Å². The molecule has 4 aromatic rings. The summed E-state index contributed by atoms with van der Waals surface area (Å²) in [6.45, 7) is 1.75. The van der Waals surface area contributed by atoms with Crippen LogP contribution >= 0.6 is 0 Å². The Morgan fingerprint density at radius 3 is 2.62 bits per heavy atom. The van der Waals surface area contributed by atoms with Gasteiger partial charge in [-0.25, -0.2) is 4.79 Å². The van der Waals surface area contributed by atoms with Crippen molar-refractivity contribution in [2.75, 3.05) is 5.32 Å². The van der Waals surface area contributed by atoms with Crippen LogP contribution in [0.1, 0.15) is 15.9 Å². The summed E-state index contributed by atoms with van der Waals surface area (Å²) in [7, 11) is 0. The summed E-state index contributed by atoms with van der Waals surface area (Å²) in [5.74, 6) is -0.762. The molecule has 0 fully saturated rings. The van der Waals surface area contributed by atoms with Crippen molar-refractivity contribution in [3.8, 4) is 0 Å². The molecule has 0 aliphatic carbocycles. The van der Waals surface area contributed by atoms with Crippen LogP contribution in [0, 0.1) is 22.4 Å². The molecule has 2 aromatic carbocycles. The van der Waals surface area contributed by atoms with Crippen molar-refractivity contribution in [3.05, 3.63) is 85.7 Å². The molecule has 0 bridgehead atoms. The lowest BCUT2D eigenvalue weighted by atomic mass is 10.1. The van der Waals surface area contributed by atoms with Gasteiger partial charge in [0.05, 0.1) is 10.3 Å². The minimum Gasteiger partial charge on any atom is -0.438 e. The number of nitrogens with zero attached hydrogens (tertiary/aromatic N) is 1. The molecule has 144 valence electrons. The molecule has 0 saturated carbocycles. The third-order valence-electron chi connectivity index (χ3n) is 4.46. The van der Waals surface area contributed by atoms with E-state index in [1.165, 1.54) is 30.3 Å². The molecule has 9 nitrogen and oxygen atoms in total. The molecule has 2 aromatic heterocycles. The summed E-state index contributed by atoms with van der Waals surface area (Å²) in [5, 5.41) is 22.6. The number of rotatable bonds is 3. The fraction of sp³-hybridized carbons (Fsp3) is 0.0500. The van der Waals surface area contributed by atoms with Gasteiger partial charge in [-0.15, -0.1) is 0 Å². The fourth-order valence-electron chi connectivity index (χ4n) is 3.08. The van der Waals surface area contributed by atoms with Gasteiger partial charge in [0, 0.05) is 17.5 Å². The maximum Gasteiger partial charge on any atom is 0.336 e. The van der Waals surface area contributed by atoms with Gasteiger partial charge in [0.1, 0.15) is 22.4 Å². The first-order valence-corrected chi connectivity index (χ1v) is 8.46. The van der Waals surface area contributed by atoms with Crippen LogP contribution in [0.25, 0.3) is 21.9 Å². The van der Waals surface area contributed by atoms with Crippen LogP contribution in [-0.4, -0.2) is 10.8 Å². The molecule has 9 heteroatoms. The number of carbonyl (C=O) groups excluding carboxylic acids is 1. The molecule has 0 aliphatic rings. The smallest absolute Gasteiger partial charge is 0.336 e. The van der Waals surface area contributed by atoms with E-state index in [-0.39, 0.29) is 28.1 Å². The van der Waals surface area contributed by atoms with Gasteiger partial charge in [0.25, 0.3) is 11.6 Å². The highest BCUT2D eigenvalue weighted by atomic mass is 16.6. The quantitative estimate of drug-likeness (QED) is 0.237. The molecular formula is C20H13N3O6. The van der Waals surface area contributed by atoms with E-state index in [9.17, 15) is 19.7 Å². The highest BCUT2D eigenvalue weighted by molar-refractivity contribution is 6.09. The van der Waals surface area contributed by atoms with E-state index < -0.39 is 22.0 Å². The Hall–Kier alpha value is -4.27. The summed E-state index contributed by atoms with van der Waals surface area (Å²) < 4.78 is 10.7. The molecule has 0 saturated heterocycles. The van der Waals surface area contributed by atoms with Crippen LogP contribution in [0.2, 0.25) is 0 Å². The van der Waals surface area contributed by atoms with E-state index in [4.69, 9.17) is 14.2 Å². The van der Waals surface area contributed by atoms with E-state index in [0.29, 0.717) is 16.3 Å². The average Bonchev–Trinajstić information content (AvgIpc) is 2.67. The second-order valence-electron chi connectivity index (χ2n) is 6.32. The van der Waals surface area contributed by atoms with Gasteiger partial charge in [0.15, 0.2) is 0 Å². The number of para-hydroxylation sites is 2. The predicted molar refractivity (Wildman–Crippen MR) is 104 cm³/mol. The molecule has 1 amide bonds. The lowest BCUT2D eigenvalue weighted by molar-refractivity contribution is -0.383. The zero-order valence-corrected chi connectivity index (χ0v) is 15.0. The Kier molecular flexibility index (Phi) is 4.19. The minimum absolute atomic E-state index is 0.0118. The van der Waals surface area contributed by atoms with Gasteiger partial charge in [-0.3, -0.25) is 20.3 Å². The standard InChI is InChI=1S/C20H13N3O6/c1-10-8-17(24)29-18-11(10)6-7-16-12(18)9-13(19(21)28-16)20(25)22-14-4-2-3-5-15(14)23(26)27/h2-9,21H,1H3,(H,22,25). The number of hydrogen-bond acceptors (Lipinski definition) is 7. The third-order valence-corrected chi connectivity index (χ3v) is 4.46. The van der Waals surface area contributed by atoms with E-state index in [1.54, 1.807) is 25.1 Å². The van der Waals surface area contributed by atoms with Crippen LogP contribution in [0.15, 0.2) is 62.2 Å². The van der Waals surface area contributed by atoms with Crippen LogP contribution in [0.3, 0.4) is 0 Å². The van der Waals surface area contributed by atoms with Crippen LogP contribution < -0.4 is 16.5 Å². The second kappa shape index (κ2) is 6.71. The van der Waals surface area contributed by atoms with Crippen LogP contribution in [-0.2, 0) is 0 Å². The minimum atomic E-state index is -0.762. The maximum absolute atomic E-state index is 12.7. The zero-order chi connectivity index (χ0) is 20.7. The van der Waals surface area contributed by atoms with E-state index in [0.717, 1.165) is 0 Å². The highest BCUT2D eigenvalue weighted by Gasteiger charge is 2.19. The monoisotopic (exact) mass is 391 g/mol. The first-order valence-electron chi connectivity index (χ1n) is 8.46. The van der Waals surface area contributed by atoms with Gasteiger partial charge >= 0.3 is 5.63 Å². The number of nitrogens with one attached hydrogen (secondary N) is 2. The third kappa shape index (κ3) is 3.14. The fourth-order valence-corrected chi connectivity index (χ4v) is 3.08. The zero-order valence-electron chi connectivity index (χ0n) is 15.0. The average molecular weight is 391 g/mol. The number of anilines is 1. The Morgan fingerprint density at radius 1 is 1.10 bits per heavy atom. The number of hydrogen-bond donors (Lipinski definition) is 2. The number of amides is 1. The van der Waals surface area contributed by atoms with Gasteiger partial charge in [0.2, 0.25) is 5.55 Å². The summed E-state index contributed by atoms with van der Waals surface area (Å²) in [4.78, 5) is 35.0. The van der Waals surface area contributed by atoms with Crippen LogP contribution in [0.5, 0.6) is 0 Å². The number of benzene rings is 2. The summed E-state index contributed by atoms with van der Waals surface area (Å²) in [5.41, 5.74) is -0.244. The topological polar surface area (TPSA) is 139 Å². The SMILES string of the molecule is Cc1cc(=O)oc2c1ccc1oc(=N)c(C(=O)Nc3ccccc3[N+](=O)[O-])cc12. The van der Waals surface area contributed by atoms with Gasteiger partial charge in [-0.1, -0.05) is 12.1 Å². The summed E-state index contributed by atoms with van der Waals surface area (Å²) in [6.07, 6.45) is 0. The van der Waals surface area contributed by atoms with Crippen LogP contribution in [0.4, 0.5) is 11.4 Å². The number of nitro groups is 1. The molecule has 4 rings (SSSR count). The molecule has 2 N–H and O–H groups in total. The largest absolute Gasteiger partial charge is 0.438 e. The van der Waals surface area contributed by atoms with Crippen molar-refractivity contribution in [2.24, 2.45) is 0 Å². The number of fused-ring (bicyclic) bond motifs is 3. The first-order chi connectivity index (χ1) is 13.8. The van der Waals surface area contributed by atoms with Gasteiger partial charge < -0.3 is 14.2 Å². The Labute approximate surface area is 161 Å². The number of nitro benzene ring substituents is 1. The van der Waals surface area contributed by atoms with Crippen molar-refractivity contribution in [1.82, 2.24) is 0 Å². The van der Waals surface area contributed by atoms with Gasteiger partial charge in [-0.05, 0) is 36.8 Å². The van der Waals surface area contributed by atoms with Crippen molar-refractivity contribution < 1.29 is 18.6 Å². The van der Waals surface area contributed by atoms with E-state index >= 15 is 0 Å². The van der Waals surface area contributed by atoms with E-state index in [2.05, 4.69) is 5.32 Å². The molecular weight excluding hydrogens is 378 g/mol. The highest BCUT2D eigenvalue weighted by Crippen LogP contribution is 2.27. The van der Waals surface area contributed by atoms with Crippen molar-refractivity contribution >= 4 is 39.2 Å². The normalized spacial score (nSPS) is 10.9. The second-order valence-corrected chi connectivity index (χ2v) is 6.32. The van der Waals surface area contributed by atoms with Crippen molar-refractivity contribution in [3.63, 3.8) is 0 Å². The molecule has 0 unspecified atom stereocenters.